The zero-order valence-electron chi connectivity index (χ0n) is 27.7. The lowest BCUT2D eigenvalue weighted by Gasteiger charge is -2.41. The molecule has 0 bridgehead atoms. The molecule has 0 spiro atoms. The minimum atomic E-state index is -3.53. The van der Waals surface area contributed by atoms with Crippen molar-refractivity contribution in [1.29, 1.82) is 0 Å². The molecule has 0 atom stereocenters. The van der Waals surface area contributed by atoms with Gasteiger partial charge in [0.05, 0.1) is 33.8 Å². The Labute approximate surface area is 285 Å². The quantitative estimate of drug-likeness (QED) is 0.223. The number of ether oxygens (including phenoxy) is 1. The summed E-state index contributed by atoms with van der Waals surface area (Å²) in [7, 11) is -1.31. The number of para-hydroxylation sites is 1. The van der Waals surface area contributed by atoms with Crippen LogP contribution in [-0.4, -0.2) is 78.8 Å². The molecule has 0 unspecified atom stereocenters. The summed E-state index contributed by atoms with van der Waals surface area (Å²) in [5.41, 5.74) is 3.71. The number of aryl methyl sites for hydroxylation is 1. The number of hydrogen-bond donors (Lipinski definition) is 2. The number of halogens is 2. The van der Waals surface area contributed by atoms with Crippen LogP contribution in [0.5, 0.6) is 5.75 Å². The van der Waals surface area contributed by atoms with Gasteiger partial charge in [0.15, 0.2) is 15.7 Å². The highest BCUT2D eigenvalue weighted by molar-refractivity contribution is 7.92. The summed E-state index contributed by atoms with van der Waals surface area (Å²) in [6.45, 7) is 14.2. The van der Waals surface area contributed by atoms with Crippen LogP contribution >= 0.6 is 24.0 Å². The molecule has 2 saturated heterocycles. The maximum Gasteiger partial charge on any atom is 0.229 e. The molecule has 2 aliphatic rings. The number of aromatic nitrogens is 2. The van der Waals surface area contributed by atoms with E-state index in [1.165, 1.54) is 43.3 Å². The van der Waals surface area contributed by atoms with Gasteiger partial charge in [-0.15, -0.1) is 12.4 Å². The van der Waals surface area contributed by atoms with E-state index in [1.807, 2.05) is 13.8 Å². The van der Waals surface area contributed by atoms with E-state index in [9.17, 15) is 8.42 Å². The predicted octanol–water partition coefficient (Wildman–Crippen LogP) is 7.59. The van der Waals surface area contributed by atoms with Crippen LogP contribution in [0.2, 0.25) is 5.02 Å². The number of anilines is 4. The number of nitrogens with one attached hydrogen (secondary N) is 2. The highest BCUT2D eigenvalue weighted by Crippen LogP contribution is 2.39. The van der Waals surface area contributed by atoms with E-state index in [0.717, 1.165) is 37.4 Å². The first-order valence-electron chi connectivity index (χ1n) is 16.1. The Balaban J connectivity index is 0.00000480. The SMILES string of the molecule is Cc1cc(Nc2ncc(Cl)c(Nc3ccccc3S(=O)(=O)C(C)C)n2)c(OC(C)C)cc1C1CCN(C2CCN(C)CC2)CC1.Cl. The largest absolute Gasteiger partial charge is 0.489 e. The number of piperidine rings is 2. The van der Waals surface area contributed by atoms with E-state index in [0.29, 0.717) is 29.4 Å². The van der Waals surface area contributed by atoms with Crippen LogP contribution in [0.25, 0.3) is 0 Å². The lowest BCUT2D eigenvalue weighted by molar-refractivity contribution is 0.0965. The Hall–Kier alpha value is -2.63. The van der Waals surface area contributed by atoms with Gasteiger partial charge < -0.3 is 25.2 Å². The number of rotatable bonds is 10. The summed E-state index contributed by atoms with van der Waals surface area (Å²) >= 11 is 6.48. The Morgan fingerprint density at radius 1 is 0.957 bits per heavy atom. The Kier molecular flexibility index (Phi) is 12.2. The molecule has 3 heterocycles. The van der Waals surface area contributed by atoms with Crippen molar-refractivity contribution in [1.82, 2.24) is 19.8 Å². The van der Waals surface area contributed by atoms with Gasteiger partial charge >= 0.3 is 0 Å². The summed E-state index contributed by atoms with van der Waals surface area (Å²) in [6, 6.07) is 11.8. The van der Waals surface area contributed by atoms with E-state index < -0.39 is 15.1 Å². The molecule has 9 nitrogen and oxygen atoms in total. The molecule has 0 amide bonds. The third-order valence-electron chi connectivity index (χ3n) is 8.96. The van der Waals surface area contributed by atoms with Crippen molar-refractivity contribution >= 4 is 57.0 Å². The first-order chi connectivity index (χ1) is 21.4. The monoisotopic (exact) mass is 690 g/mol. The van der Waals surface area contributed by atoms with Crippen LogP contribution in [0.1, 0.15) is 70.4 Å². The number of nitrogens with zero attached hydrogens (tertiary/aromatic N) is 4. The molecule has 46 heavy (non-hydrogen) atoms. The molecule has 0 saturated carbocycles. The minimum absolute atomic E-state index is 0. The van der Waals surface area contributed by atoms with Crippen LogP contribution in [0, 0.1) is 6.92 Å². The molecule has 1 aromatic heterocycles. The maximum atomic E-state index is 13.0. The highest BCUT2D eigenvalue weighted by atomic mass is 35.5. The first kappa shape index (κ1) is 36.2. The van der Waals surface area contributed by atoms with Crippen molar-refractivity contribution < 1.29 is 13.2 Å². The van der Waals surface area contributed by atoms with E-state index in [4.69, 9.17) is 16.3 Å². The summed E-state index contributed by atoms with van der Waals surface area (Å²) in [5.74, 6) is 1.86. The summed E-state index contributed by atoms with van der Waals surface area (Å²) < 4.78 is 32.3. The van der Waals surface area contributed by atoms with Crippen molar-refractivity contribution in [2.24, 2.45) is 0 Å². The zero-order valence-corrected chi connectivity index (χ0v) is 30.1. The molecule has 5 rings (SSSR count). The molecule has 12 heteroatoms. The molecular formula is C34H48Cl2N6O3S. The average molecular weight is 692 g/mol. The van der Waals surface area contributed by atoms with Gasteiger partial charge in [-0.2, -0.15) is 4.98 Å². The highest BCUT2D eigenvalue weighted by Gasteiger charge is 2.29. The zero-order chi connectivity index (χ0) is 32.3. The molecule has 2 aliphatic heterocycles. The lowest BCUT2D eigenvalue weighted by atomic mass is 9.85. The van der Waals surface area contributed by atoms with Crippen LogP contribution < -0.4 is 15.4 Å². The van der Waals surface area contributed by atoms with Gasteiger partial charge in [0, 0.05) is 6.04 Å². The maximum absolute atomic E-state index is 13.0. The second-order valence-corrected chi connectivity index (χ2v) is 15.8. The normalized spacial score (nSPS) is 17.2. The van der Waals surface area contributed by atoms with Crippen LogP contribution in [0.4, 0.5) is 23.1 Å². The standard InChI is InChI=1S/C34H47ClN6O3S.ClH/c1-22(2)44-31-20-27(25-11-17-41(18-12-25)26-13-15-40(6)16-14-26)24(5)19-30(31)38-34-36-21-28(35)33(39-34)37-29-9-7-8-10-32(29)45(42,43)23(3)4;/h7-10,19-23,25-26H,11-18H2,1-6H3,(H2,36,37,38,39);1H. The predicted molar refractivity (Wildman–Crippen MR) is 191 cm³/mol. The topological polar surface area (TPSA) is 99.7 Å². The smallest absolute Gasteiger partial charge is 0.229 e. The van der Waals surface area contributed by atoms with Crippen molar-refractivity contribution in [3.63, 3.8) is 0 Å². The number of benzene rings is 2. The van der Waals surface area contributed by atoms with E-state index in [1.54, 1.807) is 38.1 Å². The lowest BCUT2D eigenvalue weighted by Crippen LogP contribution is -2.46. The average Bonchev–Trinajstić information content (AvgIpc) is 3.00. The number of sulfone groups is 1. The molecule has 2 fully saturated rings. The fourth-order valence-electron chi connectivity index (χ4n) is 6.36. The second-order valence-electron chi connectivity index (χ2n) is 12.9. The Morgan fingerprint density at radius 2 is 1.63 bits per heavy atom. The molecule has 0 aliphatic carbocycles. The molecule has 2 aromatic carbocycles. The van der Waals surface area contributed by atoms with Gasteiger partial charge in [-0.1, -0.05) is 23.7 Å². The van der Waals surface area contributed by atoms with Crippen LogP contribution in [0.15, 0.2) is 47.5 Å². The van der Waals surface area contributed by atoms with Crippen molar-refractivity contribution in [3.05, 3.63) is 58.7 Å². The van der Waals surface area contributed by atoms with Gasteiger partial charge in [-0.25, -0.2) is 13.4 Å². The number of likely N-dealkylation sites (tertiary alicyclic amines) is 2. The molecule has 0 radical (unpaired) electrons. The van der Waals surface area contributed by atoms with E-state index >= 15 is 0 Å². The number of hydrogen-bond acceptors (Lipinski definition) is 9. The summed E-state index contributed by atoms with van der Waals surface area (Å²) in [4.78, 5) is 14.4. The third kappa shape index (κ3) is 8.44. The van der Waals surface area contributed by atoms with Crippen molar-refractivity contribution in [2.75, 3.05) is 43.9 Å². The van der Waals surface area contributed by atoms with E-state index in [2.05, 4.69) is 56.5 Å². The molecule has 252 valence electrons. The van der Waals surface area contributed by atoms with Gasteiger partial charge in [-0.3, -0.25) is 0 Å². The fraction of sp³-hybridized carbons (Fsp3) is 0.529. The van der Waals surface area contributed by atoms with Gasteiger partial charge in [0.1, 0.15) is 10.8 Å². The minimum Gasteiger partial charge on any atom is -0.489 e. The Morgan fingerprint density at radius 3 is 2.28 bits per heavy atom. The second kappa shape index (κ2) is 15.5. The molecular weight excluding hydrogens is 643 g/mol. The van der Waals surface area contributed by atoms with Crippen LogP contribution in [-0.2, 0) is 9.84 Å². The van der Waals surface area contributed by atoms with Gasteiger partial charge in [0.25, 0.3) is 0 Å². The summed E-state index contributed by atoms with van der Waals surface area (Å²) in [5, 5.41) is 6.17. The van der Waals surface area contributed by atoms with Crippen LogP contribution in [0.3, 0.4) is 0 Å². The molecule has 2 N–H and O–H groups in total. The summed E-state index contributed by atoms with van der Waals surface area (Å²) in [6.07, 6.45) is 6.30. The van der Waals surface area contributed by atoms with Gasteiger partial charge in [-0.05, 0) is 135 Å². The van der Waals surface area contributed by atoms with E-state index in [-0.39, 0.29) is 28.4 Å². The third-order valence-corrected chi connectivity index (χ3v) is 11.4. The van der Waals surface area contributed by atoms with Crippen molar-refractivity contribution in [2.45, 2.75) is 88.5 Å². The van der Waals surface area contributed by atoms with Gasteiger partial charge in [0.2, 0.25) is 5.95 Å². The Bertz CT molecular complexity index is 1590. The first-order valence-corrected chi connectivity index (χ1v) is 18.0. The molecule has 3 aromatic rings. The van der Waals surface area contributed by atoms with Crippen molar-refractivity contribution in [3.8, 4) is 5.75 Å². The fourth-order valence-corrected chi connectivity index (χ4v) is 7.70.